The van der Waals surface area contributed by atoms with Gasteiger partial charge in [0.25, 0.3) is 0 Å². The van der Waals surface area contributed by atoms with Crippen molar-refractivity contribution in [3.8, 4) is 0 Å². The van der Waals surface area contributed by atoms with Crippen LogP contribution in [0.3, 0.4) is 0 Å². The fourth-order valence-electron chi connectivity index (χ4n) is 2.66. The Morgan fingerprint density at radius 3 is 2.78 bits per heavy atom. The molecule has 1 amide bonds. The molecular formula is C20H21FN4OS. The average Bonchev–Trinajstić information content (AvgIpc) is 2.66. The Bertz CT molecular complexity index is 950. The van der Waals surface area contributed by atoms with Crippen LogP contribution in [0.4, 0.5) is 10.2 Å². The molecule has 0 aliphatic heterocycles. The van der Waals surface area contributed by atoms with Crippen LogP contribution < -0.4 is 5.32 Å². The first-order chi connectivity index (χ1) is 13.1. The molecule has 3 aromatic rings. The number of anilines is 1. The smallest absolute Gasteiger partial charge is 0.233 e. The highest BCUT2D eigenvalue weighted by molar-refractivity contribution is 7.99. The number of fused-ring (bicyclic) bond motifs is 1. The van der Waals surface area contributed by atoms with Gasteiger partial charge in [-0.2, -0.15) is 0 Å². The molecule has 0 fully saturated rings. The summed E-state index contributed by atoms with van der Waals surface area (Å²) in [5.41, 5.74) is 1.60. The molecule has 0 aliphatic carbocycles. The second-order valence-corrected chi connectivity index (χ2v) is 7.01. The van der Waals surface area contributed by atoms with E-state index in [4.69, 9.17) is 0 Å². The second-order valence-electron chi connectivity index (χ2n) is 6.07. The minimum Gasteiger partial charge on any atom is -0.370 e. The van der Waals surface area contributed by atoms with Crippen LogP contribution >= 0.6 is 11.8 Å². The summed E-state index contributed by atoms with van der Waals surface area (Å²) < 4.78 is 13.3. The molecule has 2 aromatic carbocycles. The molecule has 0 atom stereocenters. The van der Waals surface area contributed by atoms with Gasteiger partial charge in [0.2, 0.25) is 5.91 Å². The van der Waals surface area contributed by atoms with Crippen molar-refractivity contribution >= 4 is 34.4 Å². The highest BCUT2D eigenvalue weighted by Gasteiger charge is 2.13. The van der Waals surface area contributed by atoms with Crippen LogP contribution in [0.1, 0.15) is 12.5 Å². The Kier molecular flexibility index (Phi) is 6.24. The molecule has 0 unspecified atom stereocenters. The van der Waals surface area contributed by atoms with Gasteiger partial charge in [-0.15, -0.1) is 0 Å². The molecule has 1 aromatic heterocycles. The zero-order valence-corrected chi connectivity index (χ0v) is 16.1. The molecule has 27 heavy (non-hydrogen) atoms. The summed E-state index contributed by atoms with van der Waals surface area (Å²) in [5, 5.41) is 4.75. The molecule has 0 bridgehead atoms. The van der Waals surface area contributed by atoms with Crippen LogP contribution in [0.5, 0.6) is 0 Å². The van der Waals surface area contributed by atoms with Crippen molar-refractivity contribution in [2.75, 3.05) is 24.7 Å². The largest absolute Gasteiger partial charge is 0.370 e. The highest BCUT2D eigenvalue weighted by Crippen LogP contribution is 2.24. The Morgan fingerprint density at radius 2 is 2.00 bits per heavy atom. The normalized spacial score (nSPS) is 10.8. The summed E-state index contributed by atoms with van der Waals surface area (Å²) in [6, 6.07) is 14.0. The summed E-state index contributed by atoms with van der Waals surface area (Å²) in [6.07, 6.45) is 0. The van der Waals surface area contributed by atoms with Crippen LogP contribution in [0.15, 0.2) is 53.7 Å². The number of carbonyl (C=O) groups is 1. The van der Waals surface area contributed by atoms with E-state index >= 15 is 0 Å². The second kappa shape index (κ2) is 8.81. The molecule has 5 nitrogen and oxygen atoms in total. The predicted octanol–water partition coefficient (Wildman–Crippen LogP) is 3.95. The van der Waals surface area contributed by atoms with E-state index < -0.39 is 0 Å². The number of benzene rings is 2. The number of halogens is 1. The predicted molar refractivity (Wildman–Crippen MR) is 107 cm³/mol. The Labute approximate surface area is 162 Å². The SMILES string of the molecule is CCNc1nc(SCC(=O)N(C)Cc2cccc(F)c2)nc2ccccc12. The number of hydrogen-bond donors (Lipinski definition) is 1. The molecule has 0 saturated heterocycles. The van der Waals surface area contributed by atoms with Crippen molar-refractivity contribution in [1.29, 1.82) is 0 Å². The van der Waals surface area contributed by atoms with Crippen LogP contribution in [0.25, 0.3) is 10.9 Å². The van der Waals surface area contributed by atoms with Crippen LogP contribution in [0, 0.1) is 5.82 Å². The maximum atomic E-state index is 13.3. The highest BCUT2D eigenvalue weighted by atomic mass is 32.2. The number of thioether (sulfide) groups is 1. The van der Waals surface area contributed by atoms with Crippen LogP contribution in [0.2, 0.25) is 0 Å². The van der Waals surface area contributed by atoms with Gasteiger partial charge in [0.05, 0.1) is 11.3 Å². The first kappa shape index (κ1) is 19.1. The van der Waals surface area contributed by atoms with Gasteiger partial charge in [-0.1, -0.05) is 36.0 Å². The Morgan fingerprint density at radius 1 is 1.19 bits per heavy atom. The molecule has 140 valence electrons. The van der Waals surface area contributed by atoms with E-state index in [1.165, 1.54) is 23.9 Å². The quantitative estimate of drug-likeness (QED) is 0.494. The number of nitrogens with one attached hydrogen (secondary N) is 1. The van der Waals surface area contributed by atoms with Gasteiger partial charge in [0.15, 0.2) is 5.16 Å². The number of aromatic nitrogens is 2. The van der Waals surface area contributed by atoms with E-state index in [0.717, 1.165) is 28.8 Å². The number of amides is 1. The van der Waals surface area contributed by atoms with Gasteiger partial charge in [-0.3, -0.25) is 4.79 Å². The lowest BCUT2D eigenvalue weighted by Gasteiger charge is -2.17. The van der Waals surface area contributed by atoms with E-state index in [9.17, 15) is 9.18 Å². The lowest BCUT2D eigenvalue weighted by molar-refractivity contribution is -0.127. The molecule has 3 rings (SSSR count). The maximum Gasteiger partial charge on any atom is 0.233 e. The molecule has 0 spiro atoms. The van der Waals surface area contributed by atoms with Gasteiger partial charge >= 0.3 is 0 Å². The summed E-state index contributed by atoms with van der Waals surface area (Å²) >= 11 is 1.30. The fraction of sp³-hybridized carbons (Fsp3) is 0.250. The monoisotopic (exact) mass is 384 g/mol. The minimum absolute atomic E-state index is 0.0639. The third-order valence-electron chi connectivity index (χ3n) is 3.99. The number of hydrogen-bond acceptors (Lipinski definition) is 5. The van der Waals surface area contributed by atoms with Gasteiger partial charge in [-0.05, 0) is 36.8 Å². The summed E-state index contributed by atoms with van der Waals surface area (Å²) in [5.74, 6) is 0.621. The van der Waals surface area contributed by atoms with Gasteiger partial charge in [0, 0.05) is 25.5 Å². The van der Waals surface area contributed by atoms with Crippen LogP contribution in [-0.4, -0.2) is 40.1 Å². The first-order valence-corrected chi connectivity index (χ1v) is 9.67. The molecule has 1 N–H and O–H groups in total. The number of carbonyl (C=O) groups excluding carboxylic acids is 1. The lowest BCUT2D eigenvalue weighted by Crippen LogP contribution is -2.27. The third-order valence-corrected chi connectivity index (χ3v) is 4.82. The summed E-state index contributed by atoms with van der Waals surface area (Å²) in [7, 11) is 1.71. The molecular weight excluding hydrogens is 363 g/mol. The van der Waals surface area contributed by atoms with E-state index in [-0.39, 0.29) is 17.5 Å². The standard InChI is InChI=1S/C20H21FN4OS/c1-3-22-19-16-9-4-5-10-17(16)23-20(24-19)27-13-18(26)25(2)12-14-7-6-8-15(21)11-14/h4-11H,3,12-13H2,1-2H3,(H,22,23,24). The zero-order chi connectivity index (χ0) is 19.2. The molecule has 0 aliphatic rings. The van der Waals surface area contributed by atoms with Gasteiger partial charge < -0.3 is 10.2 Å². The number of nitrogens with zero attached hydrogens (tertiary/aromatic N) is 3. The summed E-state index contributed by atoms with van der Waals surface area (Å²) in [6.45, 7) is 3.12. The topological polar surface area (TPSA) is 58.1 Å². The van der Waals surface area contributed by atoms with Crippen molar-refractivity contribution in [3.05, 3.63) is 59.9 Å². The Hall–Kier alpha value is -2.67. The molecule has 7 heteroatoms. The molecule has 0 saturated carbocycles. The van der Waals surface area contributed by atoms with Crippen LogP contribution in [-0.2, 0) is 11.3 Å². The first-order valence-electron chi connectivity index (χ1n) is 8.68. The van der Waals surface area contributed by atoms with E-state index in [1.807, 2.05) is 31.2 Å². The maximum absolute atomic E-state index is 13.3. The van der Waals surface area contributed by atoms with Crippen molar-refractivity contribution in [3.63, 3.8) is 0 Å². The number of para-hydroxylation sites is 1. The van der Waals surface area contributed by atoms with E-state index in [0.29, 0.717) is 11.7 Å². The van der Waals surface area contributed by atoms with Crippen molar-refractivity contribution < 1.29 is 9.18 Å². The number of rotatable bonds is 7. The lowest BCUT2D eigenvalue weighted by atomic mass is 10.2. The van der Waals surface area contributed by atoms with Gasteiger partial charge in [-0.25, -0.2) is 14.4 Å². The zero-order valence-electron chi connectivity index (χ0n) is 15.3. The molecule has 1 heterocycles. The average molecular weight is 384 g/mol. The van der Waals surface area contributed by atoms with Crippen molar-refractivity contribution in [1.82, 2.24) is 14.9 Å². The summed E-state index contributed by atoms with van der Waals surface area (Å²) in [4.78, 5) is 23.1. The van der Waals surface area contributed by atoms with E-state index in [2.05, 4.69) is 15.3 Å². The van der Waals surface area contributed by atoms with Gasteiger partial charge in [0.1, 0.15) is 11.6 Å². The van der Waals surface area contributed by atoms with Crippen molar-refractivity contribution in [2.24, 2.45) is 0 Å². The molecule has 0 radical (unpaired) electrons. The van der Waals surface area contributed by atoms with Crippen molar-refractivity contribution in [2.45, 2.75) is 18.6 Å². The minimum atomic E-state index is -0.303. The van der Waals surface area contributed by atoms with E-state index in [1.54, 1.807) is 24.1 Å². The fourth-order valence-corrected chi connectivity index (χ4v) is 3.45. The Balaban J connectivity index is 1.67. The third kappa shape index (κ3) is 4.95.